The lowest BCUT2D eigenvalue weighted by Crippen LogP contribution is -2.10. The highest BCUT2D eigenvalue weighted by molar-refractivity contribution is 5.99. The minimum atomic E-state index is -0.366. The molecular weight excluding hydrogens is 385 g/mol. The van der Waals surface area contributed by atoms with E-state index in [9.17, 15) is 4.39 Å². The SMILES string of the molecule is CCC(c1cn(-c2ccccc2F)nn1)n1cc(-c2cc[nH]n2)c2c(N)ncnc21. The van der Waals surface area contributed by atoms with Crippen molar-refractivity contribution >= 4 is 16.9 Å². The summed E-state index contributed by atoms with van der Waals surface area (Å²) in [7, 11) is 0. The summed E-state index contributed by atoms with van der Waals surface area (Å²) in [5.41, 5.74) is 9.44. The highest BCUT2D eigenvalue weighted by Gasteiger charge is 2.23. The number of aromatic amines is 1. The number of H-pyrrole nitrogens is 1. The second-order valence-electron chi connectivity index (χ2n) is 6.83. The molecule has 0 aliphatic heterocycles. The van der Waals surface area contributed by atoms with Crippen molar-refractivity contribution in [2.75, 3.05) is 5.73 Å². The van der Waals surface area contributed by atoms with Crippen LogP contribution in [0.5, 0.6) is 0 Å². The number of halogens is 1. The van der Waals surface area contributed by atoms with Crippen molar-refractivity contribution in [3.63, 3.8) is 0 Å². The second kappa shape index (κ2) is 7.07. The predicted octanol–water partition coefficient (Wildman–Crippen LogP) is 3.12. The molecule has 0 amide bonds. The van der Waals surface area contributed by atoms with Gasteiger partial charge in [0.25, 0.3) is 0 Å². The minimum absolute atomic E-state index is 0.185. The van der Waals surface area contributed by atoms with Gasteiger partial charge in [0.05, 0.1) is 23.3 Å². The molecule has 0 saturated heterocycles. The number of para-hydroxylation sites is 1. The van der Waals surface area contributed by atoms with Crippen molar-refractivity contribution in [3.8, 4) is 16.9 Å². The first-order valence-electron chi connectivity index (χ1n) is 9.45. The van der Waals surface area contributed by atoms with Crippen LogP contribution in [0.4, 0.5) is 10.2 Å². The van der Waals surface area contributed by atoms with E-state index in [-0.39, 0.29) is 11.9 Å². The average molecular weight is 403 g/mol. The first kappa shape index (κ1) is 18.0. The third-order valence-corrected chi connectivity index (χ3v) is 5.09. The number of hydrogen-bond donors (Lipinski definition) is 2. The number of rotatable bonds is 5. The Morgan fingerprint density at radius 3 is 2.80 bits per heavy atom. The lowest BCUT2D eigenvalue weighted by atomic mass is 10.1. The van der Waals surface area contributed by atoms with E-state index in [1.165, 1.54) is 17.1 Å². The molecule has 30 heavy (non-hydrogen) atoms. The van der Waals surface area contributed by atoms with Gasteiger partial charge in [-0.2, -0.15) is 5.10 Å². The summed E-state index contributed by atoms with van der Waals surface area (Å²) in [6.07, 6.45) is 7.57. The summed E-state index contributed by atoms with van der Waals surface area (Å²) in [4.78, 5) is 8.61. The third kappa shape index (κ3) is 2.81. The number of nitrogens with zero attached hydrogens (tertiary/aromatic N) is 7. The Morgan fingerprint density at radius 1 is 1.17 bits per heavy atom. The topological polar surface area (TPSA) is 116 Å². The van der Waals surface area contributed by atoms with E-state index in [2.05, 4.69) is 30.5 Å². The van der Waals surface area contributed by atoms with Crippen LogP contribution >= 0.6 is 0 Å². The number of hydrogen-bond acceptors (Lipinski definition) is 6. The molecule has 3 N–H and O–H groups in total. The molecule has 0 aliphatic carbocycles. The normalized spacial score (nSPS) is 12.5. The van der Waals surface area contributed by atoms with Gasteiger partial charge in [-0.3, -0.25) is 5.10 Å². The second-order valence-corrected chi connectivity index (χ2v) is 6.83. The van der Waals surface area contributed by atoms with Gasteiger partial charge < -0.3 is 10.3 Å². The number of nitrogens with one attached hydrogen (secondary N) is 1. The summed E-state index contributed by atoms with van der Waals surface area (Å²) in [6.45, 7) is 2.04. The fourth-order valence-electron chi connectivity index (χ4n) is 3.68. The van der Waals surface area contributed by atoms with Crippen molar-refractivity contribution in [1.29, 1.82) is 0 Å². The van der Waals surface area contributed by atoms with E-state index in [1.807, 2.05) is 23.8 Å². The molecule has 0 radical (unpaired) electrons. The number of aromatic nitrogens is 8. The molecule has 0 fully saturated rings. The lowest BCUT2D eigenvalue weighted by Gasteiger charge is -2.15. The Bertz CT molecular complexity index is 1320. The summed E-state index contributed by atoms with van der Waals surface area (Å²) >= 11 is 0. The zero-order valence-corrected chi connectivity index (χ0v) is 16.1. The smallest absolute Gasteiger partial charge is 0.148 e. The molecule has 5 aromatic rings. The Kier molecular flexibility index (Phi) is 4.24. The third-order valence-electron chi connectivity index (χ3n) is 5.09. The van der Waals surface area contributed by atoms with Gasteiger partial charge in [0, 0.05) is 18.0 Å². The summed E-state index contributed by atoms with van der Waals surface area (Å²) < 4.78 is 17.6. The van der Waals surface area contributed by atoms with Crippen molar-refractivity contribution < 1.29 is 4.39 Å². The van der Waals surface area contributed by atoms with Crippen molar-refractivity contribution in [2.45, 2.75) is 19.4 Å². The maximum Gasteiger partial charge on any atom is 0.148 e. The van der Waals surface area contributed by atoms with Crippen molar-refractivity contribution in [2.24, 2.45) is 0 Å². The Morgan fingerprint density at radius 2 is 2.03 bits per heavy atom. The minimum Gasteiger partial charge on any atom is -0.383 e. The Balaban J connectivity index is 1.65. The van der Waals surface area contributed by atoms with Gasteiger partial charge in [-0.05, 0) is 24.6 Å². The maximum atomic E-state index is 14.2. The van der Waals surface area contributed by atoms with Crippen LogP contribution in [-0.2, 0) is 0 Å². The number of fused-ring (bicyclic) bond motifs is 1. The summed E-state index contributed by atoms with van der Waals surface area (Å²) in [5, 5.41) is 16.3. The van der Waals surface area contributed by atoms with Crippen LogP contribution in [0, 0.1) is 5.82 Å². The predicted molar refractivity (Wildman–Crippen MR) is 109 cm³/mol. The molecule has 1 unspecified atom stereocenters. The molecule has 5 rings (SSSR count). The standard InChI is InChI=1S/C20H18FN9/c1-2-16(15-10-30(28-27-15)17-6-4-3-5-13(17)21)29-9-12(14-7-8-25-26-14)18-19(22)23-11-24-20(18)29/h3-11,16H,2H2,1H3,(H,25,26)(H2,22,23,24). The lowest BCUT2D eigenvalue weighted by molar-refractivity contribution is 0.564. The first-order valence-corrected chi connectivity index (χ1v) is 9.45. The molecule has 4 aromatic heterocycles. The fraction of sp³-hybridized carbons (Fsp3) is 0.150. The van der Waals surface area contributed by atoms with E-state index < -0.39 is 0 Å². The van der Waals surface area contributed by atoms with Crippen LogP contribution in [-0.4, -0.2) is 39.7 Å². The molecule has 9 nitrogen and oxygen atoms in total. The molecule has 10 heteroatoms. The van der Waals surface area contributed by atoms with Gasteiger partial charge >= 0.3 is 0 Å². The molecule has 4 heterocycles. The van der Waals surface area contributed by atoms with Crippen LogP contribution in [0.2, 0.25) is 0 Å². The van der Waals surface area contributed by atoms with E-state index in [0.29, 0.717) is 29.3 Å². The van der Waals surface area contributed by atoms with Crippen LogP contribution in [0.1, 0.15) is 25.1 Å². The molecule has 1 atom stereocenters. The highest BCUT2D eigenvalue weighted by Crippen LogP contribution is 2.35. The van der Waals surface area contributed by atoms with Crippen LogP contribution < -0.4 is 5.73 Å². The monoisotopic (exact) mass is 403 g/mol. The van der Waals surface area contributed by atoms with Crippen LogP contribution in [0.15, 0.2) is 55.2 Å². The van der Waals surface area contributed by atoms with Gasteiger partial charge in [0.2, 0.25) is 0 Å². The first-order chi connectivity index (χ1) is 14.7. The van der Waals surface area contributed by atoms with E-state index in [0.717, 1.165) is 16.6 Å². The number of nitrogen functional groups attached to an aromatic ring is 1. The maximum absolute atomic E-state index is 14.2. The number of benzene rings is 1. The molecule has 0 spiro atoms. The zero-order chi connectivity index (χ0) is 20.7. The van der Waals surface area contributed by atoms with Crippen LogP contribution in [0.25, 0.3) is 28.0 Å². The average Bonchev–Trinajstić information content (AvgIpc) is 3.50. The quantitative estimate of drug-likeness (QED) is 0.466. The van der Waals surface area contributed by atoms with E-state index >= 15 is 0 Å². The van der Waals surface area contributed by atoms with Gasteiger partial charge in [-0.1, -0.05) is 24.3 Å². The van der Waals surface area contributed by atoms with Crippen molar-refractivity contribution in [1.82, 2.24) is 39.7 Å². The fourth-order valence-corrected chi connectivity index (χ4v) is 3.68. The highest BCUT2D eigenvalue weighted by atomic mass is 19.1. The Labute approximate surface area is 170 Å². The van der Waals surface area contributed by atoms with Gasteiger partial charge in [-0.15, -0.1) is 5.10 Å². The molecule has 1 aromatic carbocycles. The van der Waals surface area contributed by atoms with Gasteiger partial charge in [0.1, 0.15) is 35.0 Å². The van der Waals surface area contributed by atoms with Gasteiger partial charge in [-0.25, -0.2) is 19.0 Å². The molecule has 0 bridgehead atoms. The zero-order valence-electron chi connectivity index (χ0n) is 16.1. The van der Waals surface area contributed by atoms with Gasteiger partial charge in [0.15, 0.2) is 0 Å². The van der Waals surface area contributed by atoms with Crippen LogP contribution in [0.3, 0.4) is 0 Å². The summed E-state index contributed by atoms with van der Waals surface area (Å²) in [5.74, 6) is 0.0105. The molecular formula is C20H18FN9. The largest absolute Gasteiger partial charge is 0.383 e. The molecule has 0 aliphatic rings. The Hall–Kier alpha value is -4.08. The van der Waals surface area contributed by atoms with Crippen molar-refractivity contribution in [3.05, 3.63) is 66.8 Å². The van der Waals surface area contributed by atoms with E-state index in [1.54, 1.807) is 30.6 Å². The molecule has 0 saturated carbocycles. The van der Waals surface area contributed by atoms with E-state index in [4.69, 9.17) is 5.73 Å². The number of nitrogens with two attached hydrogens (primary N) is 1. The molecule has 150 valence electrons. The summed E-state index contributed by atoms with van der Waals surface area (Å²) in [6, 6.07) is 8.12. The number of anilines is 1.